The summed E-state index contributed by atoms with van der Waals surface area (Å²) < 4.78 is 52.0. The lowest BCUT2D eigenvalue weighted by Gasteiger charge is -2.06. The number of rotatable bonds is 17. The zero-order chi connectivity index (χ0) is 27.3. The molecule has 1 amide bonds. The third-order valence-corrected chi connectivity index (χ3v) is 6.04. The first-order chi connectivity index (χ1) is 17.9. The molecule has 0 radical (unpaired) electrons. The van der Waals surface area contributed by atoms with Crippen molar-refractivity contribution in [3.8, 4) is 0 Å². The molecule has 0 fully saturated rings. The summed E-state index contributed by atoms with van der Waals surface area (Å²) >= 11 is 0. The Hall–Kier alpha value is -2.12. The van der Waals surface area contributed by atoms with Gasteiger partial charge in [0, 0.05) is 42.8 Å². The van der Waals surface area contributed by atoms with E-state index in [1.54, 1.807) is 0 Å². The van der Waals surface area contributed by atoms with E-state index >= 15 is 0 Å². The predicted molar refractivity (Wildman–Crippen MR) is 150 cm³/mol. The van der Waals surface area contributed by atoms with Crippen LogP contribution in [0.25, 0.3) is 0 Å². The van der Waals surface area contributed by atoms with Gasteiger partial charge in [0.2, 0.25) is 5.91 Å². The summed E-state index contributed by atoms with van der Waals surface area (Å²) in [4.78, 5) is 11.5. The average molecular weight is 561 g/mol. The monoisotopic (exact) mass is 560 g/mol. The molecule has 0 spiro atoms. The Bertz CT molecular complexity index is 899. The van der Waals surface area contributed by atoms with Gasteiger partial charge in [-0.1, -0.05) is 83.8 Å². The average Bonchev–Trinajstić information content (AvgIpc) is 2.86. The zero-order valence-electron chi connectivity index (χ0n) is 22.9. The van der Waals surface area contributed by atoms with Crippen molar-refractivity contribution < 1.29 is 22.4 Å². The Morgan fingerprint density at radius 2 is 1.13 bits per heavy atom. The van der Waals surface area contributed by atoms with Crippen LogP contribution in [0.3, 0.4) is 0 Å². The third-order valence-electron chi connectivity index (χ3n) is 6.04. The maximum Gasteiger partial charge on any atom is 0.220 e. The quantitative estimate of drug-likeness (QED) is 0.150. The molecule has 38 heavy (non-hydrogen) atoms. The van der Waals surface area contributed by atoms with E-state index in [1.807, 2.05) is 0 Å². The zero-order valence-corrected chi connectivity index (χ0v) is 23.7. The smallest absolute Gasteiger partial charge is 0.220 e. The van der Waals surface area contributed by atoms with Crippen LogP contribution in [-0.2, 0) is 17.9 Å². The minimum atomic E-state index is -0.622. The topological polar surface area (TPSA) is 41.1 Å². The van der Waals surface area contributed by atoms with Gasteiger partial charge in [-0.2, -0.15) is 0 Å². The normalized spacial score (nSPS) is 10.4. The second-order valence-corrected chi connectivity index (χ2v) is 9.36. The Balaban J connectivity index is 0.000000703. The fourth-order valence-electron chi connectivity index (χ4n) is 3.75. The number of carbonyl (C=O) groups is 1. The Morgan fingerprint density at radius 3 is 1.66 bits per heavy atom. The summed E-state index contributed by atoms with van der Waals surface area (Å²) in [6, 6.07) is 7.10. The van der Waals surface area contributed by atoms with Gasteiger partial charge >= 0.3 is 0 Å². The second kappa shape index (κ2) is 22.8. The van der Waals surface area contributed by atoms with Crippen molar-refractivity contribution in [2.75, 3.05) is 6.54 Å². The fourth-order valence-corrected chi connectivity index (χ4v) is 3.75. The van der Waals surface area contributed by atoms with Crippen LogP contribution in [0, 0.1) is 23.3 Å². The molecule has 0 aliphatic heterocycles. The number of benzene rings is 2. The number of halogens is 5. The Kier molecular flexibility index (Phi) is 21.6. The van der Waals surface area contributed by atoms with Gasteiger partial charge < -0.3 is 10.6 Å². The van der Waals surface area contributed by atoms with E-state index in [0.717, 1.165) is 44.4 Å². The molecule has 216 valence electrons. The van der Waals surface area contributed by atoms with Crippen LogP contribution < -0.4 is 10.6 Å². The van der Waals surface area contributed by atoms with E-state index in [2.05, 4.69) is 24.5 Å². The van der Waals surface area contributed by atoms with E-state index in [0.29, 0.717) is 24.1 Å². The van der Waals surface area contributed by atoms with Crippen LogP contribution in [0.1, 0.15) is 102 Å². The fraction of sp³-hybridized carbons (Fsp3) is 0.567. The minimum Gasteiger partial charge on any atom is -0.352 e. The van der Waals surface area contributed by atoms with Crippen molar-refractivity contribution in [2.45, 2.75) is 104 Å². The maximum absolute atomic E-state index is 13.3. The van der Waals surface area contributed by atoms with Crippen LogP contribution in [0.4, 0.5) is 17.6 Å². The summed E-state index contributed by atoms with van der Waals surface area (Å²) in [7, 11) is 0. The van der Waals surface area contributed by atoms with Crippen molar-refractivity contribution in [3.63, 3.8) is 0 Å². The highest BCUT2D eigenvalue weighted by Crippen LogP contribution is 2.11. The summed E-state index contributed by atoms with van der Waals surface area (Å²) in [6.45, 7) is 5.83. The van der Waals surface area contributed by atoms with Crippen LogP contribution in [0.15, 0.2) is 36.4 Å². The van der Waals surface area contributed by atoms with Gasteiger partial charge in [0.25, 0.3) is 0 Å². The molecule has 2 aromatic rings. The van der Waals surface area contributed by atoms with Gasteiger partial charge in [0.15, 0.2) is 0 Å². The van der Waals surface area contributed by atoms with Gasteiger partial charge in [-0.05, 0) is 31.5 Å². The summed E-state index contributed by atoms with van der Waals surface area (Å²) in [5, 5.41) is 5.84. The molecule has 0 unspecified atom stereocenters. The van der Waals surface area contributed by atoms with Crippen molar-refractivity contribution in [3.05, 3.63) is 70.8 Å². The van der Waals surface area contributed by atoms with E-state index in [4.69, 9.17) is 0 Å². The van der Waals surface area contributed by atoms with Gasteiger partial charge in [0.1, 0.15) is 23.3 Å². The third kappa shape index (κ3) is 17.4. The number of unbranched alkanes of at least 4 members (excludes halogenated alkanes) is 9. The lowest BCUT2D eigenvalue weighted by atomic mass is 10.1. The Morgan fingerprint density at radius 1 is 0.658 bits per heavy atom. The van der Waals surface area contributed by atoms with Crippen molar-refractivity contribution in [1.82, 2.24) is 10.6 Å². The summed E-state index contributed by atoms with van der Waals surface area (Å²) in [5.74, 6) is -2.30. The van der Waals surface area contributed by atoms with Gasteiger partial charge in [-0.25, -0.2) is 17.6 Å². The number of nitrogens with one attached hydrogen (secondary N) is 2. The number of amides is 1. The highest BCUT2D eigenvalue weighted by atomic mass is 35.5. The molecule has 0 saturated heterocycles. The van der Waals surface area contributed by atoms with E-state index in [9.17, 15) is 22.4 Å². The molecule has 2 rings (SSSR count). The highest BCUT2D eigenvalue weighted by molar-refractivity contribution is 5.85. The van der Waals surface area contributed by atoms with Crippen LogP contribution >= 0.6 is 12.4 Å². The Labute approximate surface area is 232 Å². The molecule has 0 atom stereocenters. The summed E-state index contributed by atoms with van der Waals surface area (Å²) in [5.41, 5.74) is 0.836. The standard InChI is InChI=1S/C15H21F2NO.C15H23F2N.ClH/c1-2-3-4-5-6-7-15(19)18-11-12-8-9-13(16)10-14(12)17;1-2-3-4-5-6-7-10-18-12-13-8-9-14(16)11-15(13)17;/h8-10H,2-7,11H2,1H3,(H,18,19);8-9,11,18H,2-7,10,12H2,1H3;1H. The molecule has 0 aliphatic rings. The molecule has 0 aliphatic carbocycles. The summed E-state index contributed by atoms with van der Waals surface area (Å²) in [6.07, 6.45) is 13.4. The number of hydrogen-bond acceptors (Lipinski definition) is 2. The van der Waals surface area contributed by atoms with Crippen molar-refractivity contribution in [2.24, 2.45) is 0 Å². The SMILES string of the molecule is CCCCCCCC(=O)NCc1ccc(F)cc1F.CCCCCCCCNCc1ccc(F)cc1F.Cl. The lowest BCUT2D eigenvalue weighted by molar-refractivity contribution is -0.121. The van der Waals surface area contributed by atoms with Crippen LogP contribution in [0.5, 0.6) is 0 Å². The van der Waals surface area contributed by atoms with Gasteiger partial charge in [-0.3, -0.25) is 4.79 Å². The molecule has 3 nitrogen and oxygen atoms in total. The number of hydrogen-bond donors (Lipinski definition) is 2. The highest BCUT2D eigenvalue weighted by Gasteiger charge is 2.06. The van der Waals surface area contributed by atoms with E-state index in [1.165, 1.54) is 69.2 Å². The largest absolute Gasteiger partial charge is 0.352 e. The number of carbonyl (C=O) groups excluding carboxylic acids is 1. The van der Waals surface area contributed by atoms with Gasteiger partial charge in [-0.15, -0.1) is 12.4 Å². The van der Waals surface area contributed by atoms with Gasteiger partial charge in [0.05, 0.1) is 0 Å². The van der Waals surface area contributed by atoms with Crippen molar-refractivity contribution in [1.29, 1.82) is 0 Å². The maximum atomic E-state index is 13.3. The lowest BCUT2D eigenvalue weighted by Crippen LogP contribution is -2.22. The molecule has 2 N–H and O–H groups in total. The molecule has 0 heterocycles. The molecule has 0 aromatic heterocycles. The molecular weight excluding hydrogens is 516 g/mol. The minimum absolute atomic E-state index is 0. The second-order valence-electron chi connectivity index (χ2n) is 9.36. The molecule has 0 bridgehead atoms. The first-order valence-corrected chi connectivity index (χ1v) is 13.7. The van der Waals surface area contributed by atoms with E-state index in [-0.39, 0.29) is 24.9 Å². The first kappa shape index (κ1) is 35.9. The van der Waals surface area contributed by atoms with Crippen LogP contribution in [-0.4, -0.2) is 12.5 Å². The molecule has 2 aromatic carbocycles. The van der Waals surface area contributed by atoms with Crippen LogP contribution in [0.2, 0.25) is 0 Å². The van der Waals surface area contributed by atoms with Crippen molar-refractivity contribution >= 4 is 18.3 Å². The molecule has 0 saturated carbocycles. The predicted octanol–water partition coefficient (Wildman–Crippen LogP) is 8.78. The molecule has 8 heteroatoms. The van der Waals surface area contributed by atoms with E-state index < -0.39 is 23.3 Å². The first-order valence-electron chi connectivity index (χ1n) is 13.7. The molecular formula is C30H45ClF4N2O.